The largest absolute Gasteiger partial charge is 0.384 e. The lowest BCUT2D eigenvalue weighted by atomic mass is 9.97. The third-order valence-electron chi connectivity index (χ3n) is 3.70. The maximum Gasteiger partial charge on any atom is 0.124 e. The number of nitrogens with two attached hydrogens (primary N) is 1. The summed E-state index contributed by atoms with van der Waals surface area (Å²) >= 11 is 0. The van der Waals surface area contributed by atoms with E-state index >= 15 is 0 Å². The quantitative estimate of drug-likeness (QED) is 0.645. The maximum atomic E-state index is 7.75. The molecule has 1 aromatic rings. The lowest BCUT2D eigenvalue weighted by Crippen LogP contribution is -2.38. The number of rotatable bonds is 4. The number of piperidine rings is 1. The fourth-order valence-corrected chi connectivity index (χ4v) is 2.80. The number of methoxy groups -OCH3 is 1. The zero-order valence-electron chi connectivity index (χ0n) is 11.8. The van der Waals surface area contributed by atoms with Gasteiger partial charge in [0, 0.05) is 31.5 Å². The molecule has 0 spiro atoms. The summed E-state index contributed by atoms with van der Waals surface area (Å²) < 4.78 is 5.27. The SMILES string of the molecule is COCC1CCCN(c2ccc(C)cc2C(=N)N)C1. The number of nitrogens with one attached hydrogen (secondary N) is 1. The van der Waals surface area contributed by atoms with E-state index < -0.39 is 0 Å². The van der Waals surface area contributed by atoms with Gasteiger partial charge in [0.1, 0.15) is 5.84 Å². The summed E-state index contributed by atoms with van der Waals surface area (Å²) in [6.07, 6.45) is 2.38. The number of hydrogen-bond acceptors (Lipinski definition) is 3. The number of amidine groups is 1. The summed E-state index contributed by atoms with van der Waals surface area (Å²) in [6, 6.07) is 6.17. The van der Waals surface area contributed by atoms with Gasteiger partial charge in [0.15, 0.2) is 0 Å². The highest BCUT2D eigenvalue weighted by Gasteiger charge is 2.22. The highest BCUT2D eigenvalue weighted by molar-refractivity contribution is 6.00. The Morgan fingerprint density at radius 1 is 1.53 bits per heavy atom. The molecule has 0 bridgehead atoms. The summed E-state index contributed by atoms with van der Waals surface area (Å²) in [7, 11) is 1.76. The lowest BCUT2D eigenvalue weighted by molar-refractivity contribution is 0.143. The second-order valence-corrected chi connectivity index (χ2v) is 5.34. The minimum atomic E-state index is 0.146. The number of anilines is 1. The molecule has 1 aromatic carbocycles. The molecule has 0 amide bonds. The third-order valence-corrected chi connectivity index (χ3v) is 3.70. The van der Waals surface area contributed by atoms with Crippen LogP contribution >= 0.6 is 0 Å². The Hall–Kier alpha value is -1.55. The monoisotopic (exact) mass is 261 g/mol. The number of nitrogens with zero attached hydrogens (tertiary/aromatic N) is 1. The van der Waals surface area contributed by atoms with E-state index in [9.17, 15) is 0 Å². The Bertz CT molecular complexity index is 457. The minimum Gasteiger partial charge on any atom is -0.384 e. The number of hydrogen-bond donors (Lipinski definition) is 2. The van der Waals surface area contributed by atoms with Gasteiger partial charge in [-0.2, -0.15) is 0 Å². The zero-order chi connectivity index (χ0) is 13.8. The Labute approximate surface area is 115 Å². The molecule has 0 aliphatic carbocycles. The van der Waals surface area contributed by atoms with Gasteiger partial charge in [-0.1, -0.05) is 11.6 Å². The smallest absolute Gasteiger partial charge is 0.124 e. The first-order valence-corrected chi connectivity index (χ1v) is 6.80. The van der Waals surface area contributed by atoms with Crippen molar-refractivity contribution in [3.8, 4) is 0 Å². The third kappa shape index (κ3) is 3.26. The first-order valence-electron chi connectivity index (χ1n) is 6.80. The molecule has 2 rings (SSSR count). The van der Waals surface area contributed by atoms with Crippen molar-refractivity contribution in [1.82, 2.24) is 0 Å². The minimum absolute atomic E-state index is 0.146. The molecular formula is C15H23N3O. The fraction of sp³-hybridized carbons (Fsp3) is 0.533. The summed E-state index contributed by atoms with van der Waals surface area (Å²) in [5.74, 6) is 0.715. The van der Waals surface area contributed by atoms with Gasteiger partial charge in [-0.25, -0.2) is 0 Å². The van der Waals surface area contributed by atoms with Crippen LogP contribution in [0.3, 0.4) is 0 Å². The molecular weight excluding hydrogens is 238 g/mol. The Morgan fingerprint density at radius 2 is 2.32 bits per heavy atom. The van der Waals surface area contributed by atoms with Crippen LogP contribution in [0.5, 0.6) is 0 Å². The Balaban J connectivity index is 2.23. The molecule has 1 aliphatic heterocycles. The van der Waals surface area contributed by atoms with Crippen LogP contribution in [0.4, 0.5) is 5.69 Å². The molecule has 0 saturated carbocycles. The van der Waals surface area contributed by atoms with Crippen molar-refractivity contribution in [1.29, 1.82) is 5.41 Å². The average Bonchev–Trinajstić information content (AvgIpc) is 2.39. The standard InChI is InChI=1S/C15H23N3O/c1-11-5-6-14(13(8-11)15(16)17)18-7-3-4-12(9-18)10-19-2/h5-6,8,12H,3-4,7,9-10H2,1-2H3,(H3,16,17). The van der Waals surface area contributed by atoms with Crippen LogP contribution in [0.15, 0.2) is 18.2 Å². The van der Waals surface area contributed by atoms with Gasteiger partial charge >= 0.3 is 0 Å². The molecule has 104 valence electrons. The van der Waals surface area contributed by atoms with Gasteiger partial charge in [0.05, 0.1) is 6.61 Å². The second kappa shape index (κ2) is 6.06. The first kappa shape index (κ1) is 13.9. The predicted octanol–water partition coefficient (Wildman–Crippen LogP) is 2.14. The molecule has 1 fully saturated rings. The van der Waals surface area contributed by atoms with Gasteiger partial charge in [-0.05, 0) is 37.8 Å². The van der Waals surface area contributed by atoms with Gasteiger partial charge in [-0.3, -0.25) is 5.41 Å². The van der Waals surface area contributed by atoms with Gasteiger partial charge < -0.3 is 15.4 Å². The van der Waals surface area contributed by atoms with Gasteiger partial charge in [0.2, 0.25) is 0 Å². The molecule has 4 nitrogen and oxygen atoms in total. The maximum absolute atomic E-state index is 7.75. The second-order valence-electron chi connectivity index (χ2n) is 5.34. The summed E-state index contributed by atoms with van der Waals surface area (Å²) in [6.45, 7) is 4.85. The van der Waals surface area contributed by atoms with E-state index in [1.165, 1.54) is 12.8 Å². The van der Waals surface area contributed by atoms with Crippen molar-refractivity contribution in [3.05, 3.63) is 29.3 Å². The van der Waals surface area contributed by atoms with Crippen LogP contribution in [0.2, 0.25) is 0 Å². The van der Waals surface area contributed by atoms with Gasteiger partial charge in [-0.15, -0.1) is 0 Å². The van der Waals surface area contributed by atoms with Crippen molar-refractivity contribution in [2.24, 2.45) is 11.7 Å². The highest BCUT2D eigenvalue weighted by atomic mass is 16.5. The molecule has 1 saturated heterocycles. The molecule has 0 aromatic heterocycles. The number of benzene rings is 1. The topological polar surface area (TPSA) is 62.3 Å². The predicted molar refractivity (Wildman–Crippen MR) is 79.0 cm³/mol. The highest BCUT2D eigenvalue weighted by Crippen LogP contribution is 2.27. The molecule has 3 N–H and O–H groups in total. The fourth-order valence-electron chi connectivity index (χ4n) is 2.80. The van der Waals surface area contributed by atoms with Crippen LogP contribution < -0.4 is 10.6 Å². The molecule has 19 heavy (non-hydrogen) atoms. The van der Waals surface area contributed by atoms with E-state index in [1.54, 1.807) is 7.11 Å². The molecule has 4 heteroatoms. The van der Waals surface area contributed by atoms with E-state index in [1.807, 2.05) is 13.0 Å². The number of ether oxygens (including phenoxy) is 1. The molecule has 1 heterocycles. The lowest BCUT2D eigenvalue weighted by Gasteiger charge is -2.35. The van der Waals surface area contributed by atoms with Crippen LogP contribution in [0.1, 0.15) is 24.0 Å². The van der Waals surface area contributed by atoms with Crippen LogP contribution in [-0.2, 0) is 4.74 Å². The Morgan fingerprint density at radius 3 is 3.00 bits per heavy atom. The van der Waals surface area contributed by atoms with Crippen molar-refractivity contribution < 1.29 is 4.74 Å². The first-order chi connectivity index (χ1) is 9.11. The van der Waals surface area contributed by atoms with E-state index in [4.69, 9.17) is 15.9 Å². The number of aryl methyl sites for hydroxylation is 1. The van der Waals surface area contributed by atoms with E-state index in [0.29, 0.717) is 5.92 Å². The molecule has 1 aliphatic rings. The van der Waals surface area contributed by atoms with Crippen LogP contribution in [-0.4, -0.2) is 32.6 Å². The summed E-state index contributed by atoms with van der Waals surface area (Å²) in [4.78, 5) is 2.34. The van der Waals surface area contributed by atoms with Crippen molar-refractivity contribution in [2.75, 3.05) is 31.7 Å². The number of nitrogen functional groups attached to an aromatic ring is 1. The van der Waals surface area contributed by atoms with Crippen molar-refractivity contribution in [2.45, 2.75) is 19.8 Å². The Kier molecular flexibility index (Phi) is 4.43. The van der Waals surface area contributed by atoms with Crippen molar-refractivity contribution >= 4 is 11.5 Å². The summed E-state index contributed by atoms with van der Waals surface area (Å²) in [5.41, 5.74) is 8.78. The molecule has 0 radical (unpaired) electrons. The van der Waals surface area contributed by atoms with E-state index in [-0.39, 0.29) is 5.84 Å². The van der Waals surface area contributed by atoms with E-state index in [0.717, 1.165) is 36.5 Å². The van der Waals surface area contributed by atoms with E-state index in [2.05, 4.69) is 17.0 Å². The average molecular weight is 261 g/mol. The van der Waals surface area contributed by atoms with Crippen LogP contribution in [0, 0.1) is 18.3 Å². The zero-order valence-corrected chi connectivity index (χ0v) is 11.8. The van der Waals surface area contributed by atoms with Gasteiger partial charge in [0.25, 0.3) is 0 Å². The normalized spacial score (nSPS) is 19.5. The van der Waals surface area contributed by atoms with Crippen LogP contribution in [0.25, 0.3) is 0 Å². The molecule has 1 unspecified atom stereocenters. The summed E-state index contributed by atoms with van der Waals surface area (Å²) in [5, 5.41) is 7.75. The molecule has 1 atom stereocenters. The van der Waals surface area contributed by atoms with Crippen molar-refractivity contribution in [3.63, 3.8) is 0 Å².